The third-order valence-corrected chi connectivity index (χ3v) is 1.88. The van der Waals surface area contributed by atoms with Crippen molar-refractivity contribution in [1.29, 1.82) is 0 Å². The van der Waals surface area contributed by atoms with Crippen LogP contribution in [0.3, 0.4) is 0 Å². The Hall–Kier alpha value is -1.70. The van der Waals surface area contributed by atoms with Crippen LogP contribution in [0.5, 0.6) is 0 Å². The average Bonchev–Trinajstić information content (AvgIpc) is 2.32. The number of hydrogen-bond donors (Lipinski definition) is 1. The minimum atomic E-state index is -2.21. The van der Waals surface area contributed by atoms with Gasteiger partial charge < -0.3 is 10.6 Å². The quantitative estimate of drug-likeness (QED) is 0.299. The molecule has 8 heteroatoms. The molecule has 0 aromatic heterocycles. The van der Waals surface area contributed by atoms with E-state index in [0.29, 0.717) is 0 Å². The predicted molar refractivity (Wildman–Crippen MR) is 53.2 cm³/mol. The van der Waals surface area contributed by atoms with Gasteiger partial charge in [0.1, 0.15) is 6.61 Å². The van der Waals surface area contributed by atoms with Gasteiger partial charge in [-0.2, -0.15) is 0 Å². The molecule has 0 aliphatic rings. The number of nitrogens with two attached hydrogens (primary N) is 1. The first-order valence-corrected chi connectivity index (χ1v) is 4.77. The van der Waals surface area contributed by atoms with Crippen LogP contribution in [0.1, 0.15) is 12.5 Å². The molecule has 1 atom stereocenters. The van der Waals surface area contributed by atoms with Crippen molar-refractivity contribution in [2.24, 2.45) is 10.9 Å². The monoisotopic (exact) mass is 268 g/mol. The van der Waals surface area contributed by atoms with Crippen LogP contribution in [-0.2, 0) is 11.4 Å². The molecule has 0 aliphatic carbocycles. The van der Waals surface area contributed by atoms with E-state index >= 15 is 0 Å². The third-order valence-electron chi connectivity index (χ3n) is 1.88. The summed E-state index contributed by atoms with van der Waals surface area (Å²) >= 11 is 0. The van der Waals surface area contributed by atoms with Gasteiger partial charge in [-0.05, 0) is 6.92 Å². The number of nitrogens with zero attached hydrogens (tertiary/aromatic N) is 1. The maximum Gasteiger partial charge on any atom is 0.200 e. The highest BCUT2D eigenvalue weighted by Crippen LogP contribution is 2.23. The lowest BCUT2D eigenvalue weighted by molar-refractivity contribution is 0.123. The van der Waals surface area contributed by atoms with Crippen molar-refractivity contribution >= 4 is 6.21 Å². The Balaban J connectivity index is 2.96. The predicted octanol–water partition coefficient (Wildman–Crippen LogP) is 2.23. The Morgan fingerprint density at radius 2 is 1.50 bits per heavy atom. The molecule has 0 bridgehead atoms. The molecule has 2 N–H and O–H groups in total. The maximum absolute atomic E-state index is 13.1. The van der Waals surface area contributed by atoms with Gasteiger partial charge in [-0.1, -0.05) is 5.16 Å². The Morgan fingerprint density at radius 1 is 1.06 bits per heavy atom. The molecule has 18 heavy (non-hydrogen) atoms. The highest BCUT2D eigenvalue weighted by molar-refractivity contribution is 5.62. The van der Waals surface area contributed by atoms with E-state index in [-0.39, 0.29) is 0 Å². The van der Waals surface area contributed by atoms with E-state index in [2.05, 4.69) is 9.99 Å². The molecule has 0 saturated heterocycles. The van der Waals surface area contributed by atoms with Gasteiger partial charge in [0.25, 0.3) is 0 Å². The van der Waals surface area contributed by atoms with E-state index < -0.39 is 47.3 Å². The van der Waals surface area contributed by atoms with E-state index in [1.807, 2.05) is 0 Å². The summed E-state index contributed by atoms with van der Waals surface area (Å²) in [6.07, 6.45) is 1.10. The average molecular weight is 268 g/mol. The van der Waals surface area contributed by atoms with Crippen LogP contribution in [0.15, 0.2) is 5.16 Å². The van der Waals surface area contributed by atoms with Crippen LogP contribution < -0.4 is 5.73 Å². The fourth-order valence-electron chi connectivity index (χ4n) is 1.02. The lowest BCUT2D eigenvalue weighted by Crippen LogP contribution is -2.16. The SMILES string of the molecule is CC(N)/C=N/OCc1c(F)c(F)c(F)c(F)c1F. The van der Waals surface area contributed by atoms with Gasteiger partial charge in [0.2, 0.25) is 5.82 Å². The van der Waals surface area contributed by atoms with Crippen molar-refractivity contribution in [1.82, 2.24) is 0 Å². The second kappa shape index (κ2) is 5.76. The lowest BCUT2D eigenvalue weighted by Gasteiger charge is -2.06. The normalized spacial score (nSPS) is 13.1. The number of benzene rings is 1. The first-order valence-electron chi connectivity index (χ1n) is 4.77. The molecule has 0 radical (unpaired) electrons. The molecule has 0 amide bonds. The zero-order valence-electron chi connectivity index (χ0n) is 9.18. The number of hydrogen-bond acceptors (Lipinski definition) is 3. The van der Waals surface area contributed by atoms with Crippen molar-refractivity contribution in [3.8, 4) is 0 Å². The topological polar surface area (TPSA) is 47.6 Å². The Labute approximate surface area is 99.0 Å². The minimum absolute atomic E-state index is 0.471. The summed E-state index contributed by atoms with van der Waals surface area (Å²) in [5.41, 5.74) is 4.16. The Morgan fingerprint density at radius 3 is 1.94 bits per heavy atom. The van der Waals surface area contributed by atoms with Gasteiger partial charge in [0, 0.05) is 6.04 Å². The molecule has 1 aromatic rings. The highest BCUT2D eigenvalue weighted by Gasteiger charge is 2.25. The molecule has 0 saturated carbocycles. The fourth-order valence-corrected chi connectivity index (χ4v) is 1.02. The summed E-state index contributed by atoms with van der Waals surface area (Å²) < 4.78 is 64.4. The van der Waals surface area contributed by atoms with Crippen molar-refractivity contribution < 1.29 is 26.8 Å². The number of rotatable bonds is 4. The van der Waals surface area contributed by atoms with E-state index in [1.54, 1.807) is 6.92 Å². The van der Waals surface area contributed by atoms with Crippen LogP contribution >= 0.6 is 0 Å². The van der Waals surface area contributed by atoms with Crippen molar-refractivity contribution in [2.45, 2.75) is 19.6 Å². The van der Waals surface area contributed by atoms with E-state index in [9.17, 15) is 22.0 Å². The van der Waals surface area contributed by atoms with Gasteiger partial charge >= 0.3 is 0 Å². The largest absolute Gasteiger partial charge is 0.391 e. The van der Waals surface area contributed by atoms with Gasteiger partial charge in [0.05, 0.1) is 11.8 Å². The van der Waals surface area contributed by atoms with E-state index in [4.69, 9.17) is 5.73 Å². The molecule has 100 valence electrons. The molecule has 0 spiro atoms. The minimum Gasteiger partial charge on any atom is -0.391 e. The van der Waals surface area contributed by atoms with Gasteiger partial charge in [-0.15, -0.1) is 0 Å². The van der Waals surface area contributed by atoms with E-state index in [1.165, 1.54) is 0 Å². The molecule has 0 heterocycles. The molecule has 0 fully saturated rings. The first-order chi connectivity index (χ1) is 8.36. The number of halogens is 5. The van der Waals surface area contributed by atoms with Crippen LogP contribution in [-0.4, -0.2) is 12.3 Å². The van der Waals surface area contributed by atoms with Crippen molar-refractivity contribution in [2.75, 3.05) is 0 Å². The summed E-state index contributed by atoms with van der Waals surface area (Å²) in [4.78, 5) is 4.40. The number of oxime groups is 1. The third kappa shape index (κ3) is 2.95. The van der Waals surface area contributed by atoms with Gasteiger partial charge in [0.15, 0.2) is 23.3 Å². The summed E-state index contributed by atoms with van der Waals surface area (Å²) in [6.45, 7) is 0.653. The molecule has 0 aliphatic heterocycles. The molecule has 1 aromatic carbocycles. The lowest BCUT2D eigenvalue weighted by atomic mass is 10.2. The molecular weight excluding hydrogens is 259 g/mol. The fraction of sp³-hybridized carbons (Fsp3) is 0.300. The van der Waals surface area contributed by atoms with Crippen molar-refractivity contribution in [3.63, 3.8) is 0 Å². The summed E-state index contributed by atoms with van der Waals surface area (Å²) in [5, 5.41) is 3.21. The molecule has 1 unspecified atom stereocenters. The Kier molecular flexibility index (Phi) is 4.60. The summed E-state index contributed by atoms with van der Waals surface area (Å²) in [6, 6.07) is -0.471. The summed E-state index contributed by atoms with van der Waals surface area (Å²) in [7, 11) is 0. The smallest absolute Gasteiger partial charge is 0.200 e. The standard InChI is InChI=1S/C10H9F5N2O/c1-4(16)2-17-18-3-5-6(11)8(13)10(15)9(14)7(5)12/h2,4H,3,16H2,1H3/b17-2+. The van der Waals surface area contributed by atoms with Crippen LogP contribution in [0.4, 0.5) is 22.0 Å². The second-order valence-corrected chi connectivity index (χ2v) is 3.44. The van der Waals surface area contributed by atoms with Crippen LogP contribution in [0.25, 0.3) is 0 Å². The summed E-state index contributed by atoms with van der Waals surface area (Å²) in [5.74, 6) is -10.1. The van der Waals surface area contributed by atoms with E-state index in [0.717, 1.165) is 6.21 Å². The van der Waals surface area contributed by atoms with Crippen LogP contribution in [0.2, 0.25) is 0 Å². The Bertz CT molecular complexity index is 447. The van der Waals surface area contributed by atoms with Gasteiger partial charge in [-0.25, -0.2) is 22.0 Å². The molecule has 3 nitrogen and oxygen atoms in total. The van der Waals surface area contributed by atoms with Gasteiger partial charge in [-0.3, -0.25) is 0 Å². The highest BCUT2D eigenvalue weighted by atomic mass is 19.2. The maximum atomic E-state index is 13.1. The second-order valence-electron chi connectivity index (χ2n) is 3.44. The van der Waals surface area contributed by atoms with Crippen molar-refractivity contribution in [3.05, 3.63) is 34.6 Å². The first kappa shape index (κ1) is 14.4. The molecule has 1 rings (SSSR count). The van der Waals surface area contributed by atoms with Crippen LogP contribution in [0, 0.1) is 29.1 Å². The molecular formula is C10H9F5N2O. The zero-order valence-corrected chi connectivity index (χ0v) is 9.18. The zero-order chi connectivity index (χ0) is 13.9.